The number of hydrogen-bond acceptors (Lipinski definition) is 5. The molecular formula is C11H15NO4. The van der Waals surface area contributed by atoms with Gasteiger partial charge >= 0.3 is 0 Å². The molecule has 0 aromatic heterocycles. The number of aromatic hydroxyl groups is 1. The van der Waals surface area contributed by atoms with E-state index in [9.17, 15) is 9.90 Å². The maximum Gasteiger partial charge on any atom is 0.203 e. The molecule has 88 valence electrons. The first-order valence-corrected chi connectivity index (χ1v) is 4.76. The highest BCUT2D eigenvalue weighted by atomic mass is 16.5. The third-order valence-corrected chi connectivity index (χ3v) is 2.16. The Balaban J connectivity index is 3.25. The van der Waals surface area contributed by atoms with Crippen LogP contribution < -0.4 is 15.2 Å². The first-order valence-electron chi connectivity index (χ1n) is 4.76. The van der Waals surface area contributed by atoms with Crippen molar-refractivity contribution in [2.75, 3.05) is 14.2 Å². The van der Waals surface area contributed by atoms with E-state index in [4.69, 9.17) is 15.2 Å². The Morgan fingerprint density at radius 1 is 1.38 bits per heavy atom. The Hall–Kier alpha value is -1.75. The molecular weight excluding hydrogens is 210 g/mol. The van der Waals surface area contributed by atoms with Gasteiger partial charge < -0.3 is 20.3 Å². The Morgan fingerprint density at radius 3 is 2.44 bits per heavy atom. The summed E-state index contributed by atoms with van der Waals surface area (Å²) < 4.78 is 9.95. The summed E-state index contributed by atoms with van der Waals surface area (Å²) in [7, 11) is 2.84. The number of Topliss-reactive ketones (excluding diaryl/α,β-unsaturated/α-hetero) is 1. The molecule has 0 amide bonds. The minimum atomic E-state index is -0.627. The molecule has 5 nitrogen and oxygen atoms in total. The molecule has 1 aromatic carbocycles. The summed E-state index contributed by atoms with van der Waals surface area (Å²) in [4.78, 5) is 11.6. The average molecular weight is 225 g/mol. The third kappa shape index (κ3) is 2.25. The number of benzene rings is 1. The molecule has 0 saturated heterocycles. The number of methoxy groups -OCH3 is 2. The number of carbonyl (C=O) groups excluding carboxylic acids is 1. The van der Waals surface area contributed by atoms with Crippen LogP contribution in [0.25, 0.3) is 0 Å². The number of ether oxygens (including phenoxy) is 2. The molecule has 0 saturated carbocycles. The largest absolute Gasteiger partial charge is 0.504 e. The zero-order valence-electron chi connectivity index (χ0n) is 9.48. The molecule has 5 heteroatoms. The quantitative estimate of drug-likeness (QED) is 0.745. The SMILES string of the molecule is COc1cc(C(=O)C(C)N)cc(O)c1OC. The van der Waals surface area contributed by atoms with Gasteiger partial charge in [-0.2, -0.15) is 0 Å². The van der Waals surface area contributed by atoms with Gasteiger partial charge in [-0.15, -0.1) is 0 Å². The van der Waals surface area contributed by atoms with Crippen LogP contribution in [-0.4, -0.2) is 31.2 Å². The first-order chi connectivity index (χ1) is 7.51. The predicted octanol–water partition coefficient (Wildman–Crippen LogP) is 0.939. The Labute approximate surface area is 93.8 Å². The van der Waals surface area contributed by atoms with E-state index in [1.54, 1.807) is 6.92 Å². The van der Waals surface area contributed by atoms with E-state index in [0.717, 1.165) is 0 Å². The van der Waals surface area contributed by atoms with E-state index in [1.807, 2.05) is 0 Å². The molecule has 0 spiro atoms. The minimum absolute atomic E-state index is 0.147. The van der Waals surface area contributed by atoms with Crippen molar-refractivity contribution in [1.29, 1.82) is 0 Å². The van der Waals surface area contributed by atoms with Crippen LogP contribution >= 0.6 is 0 Å². The third-order valence-electron chi connectivity index (χ3n) is 2.16. The smallest absolute Gasteiger partial charge is 0.203 e. The average Bonchev–Trinajstić information content (AvgIpc) is 2.26. The topological polar surface area (TPSA) is 81.8 Å². The first kappa shape index (κ1) is 12.3. The standard InChI is InChI=1S/C11H15NO4/c1-6(12)10(14)7-4-8(13)11(16-3)9(5-7)15-2/h4-6,13H,12H2,1-3H3. The fraction of sp³-hybridized carbons (Fsp3) is 0.364. The van der Waals surface area contributed by atoms with Crippen LogP contribution in [0.4, 0.5) is 0 Å². The highest BCUT2D eigenvalue weighted by molar-refractivity contribution is 6.00. The second-order valence-electron chi connectivity index (χ2n) is 3.38. The van der Waals surface area contributed by atoms with Gasteiger partial charge in [-0.25, -0.2) is 0 Å². The molecule has 1 unspecified atom stereocenters. The van der Waals surface area contributed by atoms with Crippen molar-refractivity contribution in [3.8, 4) is 17.2 Å². The van der Waals surface area contributed by atoms with Crippen LogP contribution in [0.5, 0.6) is 17.2 Å². The second kappa shape index (κ2) is 4.85. The highest BCUT2D eigenvalue weighted by Gasteiger charge is 2.17. The highest BCUT2D eigenvalue weighted by Crippen LogP contribution is 2.37. The van der Waals surface area contributed by atoms with Crippen molar-refractivity contribution in [2.45, 2.75) is 13.0 Å². The van der Waals surface area contributed by atoms with Crippen LogP contribution in [0.1, 0.15) is 17.3 Å². The van der Waals surface area contributed by atoms with Gasteiger partial charge in [-0.3, -0.25) is 4.79 Å². The van der Waals surface area contributed by atoms with E-state index in [0.29, 0.717) is 11.3 Å². The molecule has 0 radical (unpaired) electrons. The lowest BCUT2D eigenvalue weighted by Gasteiger charge is -2.12. The van der Waals surface area contributed by atoms with Crippen molar-refractivity contribution >= 4 is 5.78 Å². The number of carbonyl (C=O) groups is 1. The maximum atomic E-state index is 11.6. The van der Waals surface area contributed by atoms with Crippen LogP contribution in [0.2, 0.25) is 0 Å². The van der Waals surface area contributed by atoms with Crippen LogP contribution in [0.15, 0.2) is 12.1 Å². The molecule has 1 atom stereocenters. The number of nitrogens with two attached hydrogens (primary N) is 1. The van der Waals surface area contributed by atoms with Crippen LogP contribution in [-0.2, 0) is 0 Å². The molecule has 0 aliphatic heterocycles. The molecule has 0 aliphatic rings. The Morgan fingerprint density at radius 2 is 2.00 bits per heavy atom. The van der Waals surface area contributed by atoms with Gasteiger partial charge in [-0.05, 0) is 19.1 Å². The lowest BCUT2D eigenvalue weighted by atomic mass is 10.0. The molecule has 0 heterocycles. The fourth-order valence-corrected chi connectivity index (χ4v) is 1.35. The summed E-state index contributed by atoms with van der Waals surface area (Å²) in [6, 6.07) is 2.18. The van der Waals surface area contributed by atoms with Gasteiger partial charge in [0.2, 0.25) is 5.75 Å². The number of ketones is 1. The summed E-state index contributed by atoms with van der Waals surface area (Å²) >= 11 is 0. The zero-order valence-corrected chi connectivity index (χ0v) is 9.48. The number of rotatable bonds is 4. The molecule has 1 rings (SSSR count). The van der Waals surface area contributed by atoms with Crippen LogP contribution in [0, 0.1) is 0 Å². The summed E-state index contributed by atoms with van der Waals surface area (Å²) in [6.45, 7) is 1.58. The summed E-state index contributed by atoms with van der Waals surface area (Å²) in [5.41, 5.74) is 5.77. The van der Waals surface area contributed by atoms with Gasteiger partial charge in [0, 0.05) is 5.56 Å². The van der Waals surface area contributed by atoms with Gasteiger partial charge in [0.25, 0.3) is 0 Å². The van der Waals surface area contributed by atoms with Crippen molar-refractivity contribution in [3.05, 3.63) is 17.7 Å². The van der Waals surface area contributed by atoms with E-state index in [2.05, 4.69) is 0 Å². The number of hydrogen-bond donors (Lipinski definition) is 2. The second-order valence-corrected chi connectivity index (χ2v) is 3.38. The summed E-state index contributed by atoms with van der Waals surface area (Å²) in [5.74, 6) is 0.0809. The van der Waals surface area contributed by atoms with Gasteiger partial charge in [-0.1, -0.05) is 0 Å². The number of phenols is 1. The normalized spacial score (nSPS) is 12.0. The van der Waals surface area contributed by atoms with E-state index >= 15 is 0 Å². The van der Waals surface area contributed by atoms with Crippen molar-refractivity contribution in [1.82, 2.24) is 0 Å². The maximum absolute atomic E-state index is 11.6. The van der Waals surface area contributed by atoms with Gasteiger partial charge in [0.1, 0.15) is 0 Å². The lowest BCUT2D eigenvalue weighted by molar-refractivity contribution is 0.0967. The Kier molecular flexibility index (Phi) is 3.73. The minimum Gasteiger partial charge on any atom is -0.504 e. The van der Waals surface area contributed by atoms with E-state index in [1.165, 1.54) is 26.4 Å². The predicted molar refractivity (Wildman–Crippen MR) is 59.2 cm³/mol. The summed E-state index contributed by atoms with van der Waals surface area (Å²) in [6.07, 6.45) is 0. The van der Waals surface area contributed by atoms with Crippen molar-refractivity contribution in [2.24, 2.45) is 5.73 Å². The monoisotopic (exact) mass is 225 g/mol. The molecule has 3 N–H and O–H groups in total. The number of phenolic OH excluding ortho intramolecular Hbond substituents is 1. The van der Waals surface area contributed by atoms with Gasteiger partial charge in [0.05, 0.1) is 20.3 Å². The van der Waals surface area contributed by atoms with E-state index < -0.39 is 6.04 Å². The summed E-state index contributed by atoms with van der Waals surface area (Å²) in [5, 5.41) is 9.64. The fourth-order valence-electron chi connectivity index (χ4n) is 1.35. The molecule has 1 aromatic rings. The van der Waals surface area contributed by atoms with Gasteiger partial charge in [0.15, 0.2) is 17.3 Å². The molecule has 0 bridgehead atoms. The van der Waals surface area contributed by atoms with Crippen LogP contribution in [0.3, 0.4) is 0 Å². The zero-order chi connectivity index (χ0) is 12.3. The van der Waals surface area contributed by atoms with E-state index in [-0.39, 0.29) is 17.3 Å². The molecule has 16 heavy (non-hydrogen) atoms. The lowest BCUT2D eigenvalue weighted by Crippen LogP contribution is -2.26. The molecule has 0 aliphatic carbocycles. The molecule has 0 fully saturated rings. The Bertz CT molecular complexity index is 401. The van der Waals surface area contributed by atoms with Crippen molar-refractivity contribution in [3.63, 3.8) is 0 Å². The van der Waals surface area contributed by atoms with Crippen molar-refractivity contribution < 1.29 is 19.4 Å².